The zero-order valence-electron chi connectivity index (χ0n) is 14.9. The Morgan fingerprint density at radius 2 is 1.88 bits per heavy atom. The molecule has 0 saturated carbocycles. The summed E-state index contributed by atoms with van der Waals surface area (Å²) in [5.41, 5.74) is 0.670. The highest BCUT2D eigenvalue weighted by atomic mass is 16.6. The van der Waals surface area contributed by atoms with Gasteiger partial charge in [0.05, 0.1) is 6.04 Å². The third-order valence-electron chi connectivity index (χ3n) is 5.46. The standard InChI is InChI=1S/C18H23N3O4/c1-17(2)6-5-7-21(16(17)23)14-10-8-11-12(20-25-19-11)9-13(10)24-18(3,4)15(14)22/h8-9,14-15,22H,5-7H2,1-4H3. The zero-order chi connectivity index (χ0) is 18.0. The molecule has 7 heteroatoms. The quantitative estimate of drug-likeness (QED) is 0.854. The number of benzene rings is 1. The second-order valence-electron chi connectivity index (χ2n) is 8.22. The smallest absolute Gasteiger partial charge is 0.228 e. The molecule has 2 unspecified atom stereocenters. The molecule has 134 valence electrons. The lowest BCUT2D eigenvalue weighted by Crippen LogP contribution is -2.57. The Morgan fingerprint density at radius 1 is 1.20 bits per heavy atom. The van der Waals surface area contributed by atoms with Crippen LogP contribution in [0.2, 0.25) is 0 Å². The molecule has 2 atom stereocenters. The molecule has 4 rings (SSSR count). The molecule has 0 aliphatic carbocycles. The first-order valence-corrected chi connectivity index (χ1v) is 8.65. The summed E-state index contributed by atoms with van der Waals surface area (Å²) in [4.78, 5) is 14.9. The molecule has 0 radical (unpaired) electrons. The van der Waals surface area contributed by atoms with Crippen LogP contribution in [0.5, 0.6) is 5.75 Å². The topological polar surface area (TPSA) is 88.7 Å². The first-order chi connectivity index (χ1) is 11.7. The van der Waals surface area contributed by atoms with Gasteiger partial charge in [-0.3, -0.25) is 4.79 Å². The van der Waals surface area contributed by atoms with Crippen molar-refractivity contribution >= 4 is 16.9 Å². The number of rotatable bonds is 1. The highest BCUT2D eigenvalue weighted by Crippen LogP contribution is 2.46. The van der Waals surface area contributed by atoms with Gasteiger partial charge in [0, 0.05) is 23.6 Å². The number of aliphatic hydroxyl groups is 1. The molecular formula is C18H23N3O4. The van der Waals surface area contributed by atoms with Crippen molar-refractivity contribution in [3.8, 4) is 5.75 Å². The SMILES string of the molecule is CC1(C)CCCN(C2c3cc4nonc4cc3OC(C)(C)C2O)C1=O. The largest absolute Gasteiger partial charge is 0.485 e. The number of aliphatic hydroxyl groups excluding tert-OH is 1. The van der Waals surface area contributed by atoms with Crippen LogP contribution in [0.4, 0.5) is 0 Å². The number of amides is 1. The van der Waals surface area contributed by atoms with E-state index >= 15 is 0 Å². The van der Waals surface area contributed by atoms with E-state index in [9.17, 15) is 9.90 Å². The minimum atomic E-state index is -0.852. The molecule has 25 heavy (non-hydrogen) atoms. The van der Waals surface area contributed by atoms with Crippen LogP contribution in [-0.4, -0.2) is 44.5 Å². The maximum absolute atomic E-state index is 13.1. The van der Waals surface area contributed by atoms with E-state index in [1.165, 1.54) is 0 Å². The summed E-state index contributed by atoms with van der Waals surface area (Å²) in [6.07, 6.45) is 0.909. The average Bonchev–Trinajstić information content (AvgIpc) is 2.97. The predicted octanol–water partition coefficient (Wildman–Crippen LogP) is 2.44. The first kappa shape index (κ1) is 16.3. The van der Waals surface area contributed by atoms with Crippen LogP contribution in [0, 0.1) is 5.41 Å². The molecule has 7 nitrogen and oxygen atoms in total. The van der Waals surface area contributed by atoms with Gasteiger partial charge in [0.2, 0.25) is 5.91 Å². The van der Waals surface area contributed by atoms with Crippen LogP contribution < -0.4 is 4.74 Å². The Kier molecular flexibility index (Phi) is 3.38. The molecule has 2 aromatic rings. The van der Waals surface area contributed by atoms with Crippen LogP contribution in [0.3, 0.4) is 0 Å². The number of nitrogens with zero attached hydrogens (tertiary/aromatic N) is 3. The van der Waals surface area contributed by atoms with Crippen molar-refractivity contribution in [1.29, 1.82) is 0 Å². The Bertz CT molecular complexity index is 842. The molecule has 1 fully saturated rings. The zero-order valence-corrected chi connectivity index (χ0v) is 14.9. The van der Waals surface area contributed by atoms with Gasteiger partial charge in [-0.1, -0.05) is 13.8 Å². The van der Waals surface area contributed by atoms with E-state index in [4.69, 9.17) is 9.37 Å². The van der Waals surface area contributed by atoms with E-state index in [1.54, 1.807) is 17.0 Å². The van der Waals surface area contributed by atoms with Crippen molar-refractivity contribution in [2.75, 3.05) is 6.54 Å². The van der Waals surface area contributed by atoms with Crippen molar-refractivity contribution in [3.05, 3.63) is 17.7 Å². The van der Waals surface area contributed by atoms with Gasteiger partial charge in [0.15, 0.2) is 0 Å². The van der Waals surface area contributed by atoms with Crippen molar-refractivity contribution in [3.63, 3.8) is 0 Å². The number of ether oxygens (including phenoxy) is 1. The molecule has 0 spiro atoms. The number of carbonyl (C=O) groups is 1. The highest BCUT2D eigenvalue weighted by Gasteiger charge is 2.49. The lowest BCUT2D eigenvalue weighted by atomic mass is 9.79. The van der Waals surface area contributed by atoms with Gasteiger partial charge >= 0.3 is 0 Å². The van der Waals surface area contributed by atoms with E-state index < -0.39 is 23.2 Å². The monoisotopic (exact) mass is 345 g/mol. The minimum Gasteiger partial charge on any atom is -0.485 e. The molecule has 1 amide bonds. The van der Waals surface area contributed by atoms with Gasteiger partial charge in [0.1, 0.15) is 28.5 Å². The molecule has 1 aromatic heterocycles. The van der Waals surface area contributed by atoms with E-state index in [1.807, 2.05) is 27.7 Å². The Labute approximate surface area is 145 Å². The van der Waals surface area contributed by atoms with Gasteiger partial charge in [-0.15, -0.1) is 0 Å². The van der Waals surface area contributed by atoms with Gasteiger partial charge in [0.25, 0.3) is 0 Å². The van der Waals surface area contributed by atoms with Crippen LogP contribution in [0.25, 0.3) is 11.0 Å². The van der Waals surface area contributed by atoms with Crippen molar-refractivity contribution in [1.82, 2.24) is 15.2 Å². The Morgan fingerprint density at radius 3 is 2.60 bits per heavy atom. The van der Waals surface area contributed by atoms with Gasteiger partial charge in [-0.05, 0) is 43.1 Å². The number of piperidine rings is 1. The Balaban J connectivity index is 1.87. The minimum absolute atomic E-state index is 0.0600. The van der Waals surface area contributed by atoms with E-state index in [2.05, 4.69) is 10.3 Å². The normalized spacial score (nSPS) is 27.9. The van der Waals surface area contributed by atoms with E-state index in [-0.39, 0.29) is 5.91 Å². The highest BCUT2D eigenvalue weighted by molar-refractivity contribution is 5.84. The molecule has 1 saturated heterocycles. The van der Waals surface area contributed by atoms with Gasteiger partial charge < -0.3 is 14.7 Å². The fourth-order valence-electron chi connectivity index (χ4n) is 3.93. The second-order valence-corrected chi connectivity index (χ2v) is 8.22. The lowest BCUT2D eigenvalue weighted by molar-refractivity contribution is -0.158. The predicted molar refractivity (Wildman–Crippen MR) is 90.0 cm³/mol. The maximum atomic E-state index is 13.1. The van der Waals surface area contributed by atoms with Crippen LogP contribution >= 0.6 is 0 Å². The third-order valence-corrected chi connectivity index (χ3v) is 5.46. The van der Waals surface area contributed by atoms with Crippen LogP contribution in [-0.2, 0) is 4.79 Å². The van der Waals surface area contributed by atoms with E-state index in [0.717, 1.165) is 18.4 Å². The molecule has 2 aliphatic rings. The number of fused-ring (bicyclic) bond motifs is 2. The number of hydrogen-bond acceptors (Lipinski definition) is 6. The number of likely N-dealkylation sites (tertiary alicyclic amines) is 1. The second kappa shape index (κ2) is 5.17. The van der Waals surface area contributed by atoms with Crippen molar-refractivity contribution < 1.29 is 19.3 Å². The summed E-state index contributed by atoms with van der Waals surface area (Å²) in [5.74, 6) is 0.671. The molecule has 1 N–H and O–H groups in total. The van der Waals surface area contributed by atoms with Crippen LogP contribution in [0.1, 0.15) is 52.1 Å². The van der Waals surface area contributed by atoms with E-state index in [0.29, 0.717) is 23.3 Å². The number of hydrogen-bond donors (Lipinski definition) is 1. The number of aromatic nitrogens is 2. The summed E-state index contributed by atoms with van der Waals surface area (Å²) in [7, 11) is 0. The fourth-order valence-corrected chi connectivity index (χ4v) is 3.93. The molecule has 0 bridgehead atoms. The summed E-state index contributed by atoms with van der Waals surface area (Å²) >= 11 is 0. The maximum Gasteiger partial charge on any atom is 0.228 e. The molecule has 3 heterocycles. The van der Waals surface area contributed by atoms with Crippen LogP contribution in [0.15, 0.2) is 16.8 Å². The fraction of sp³-hybridized carbons (Fsp3) is 0.611. The van der Waals surface area contributed by atoms with Crippen molar-refractivity contribution in [2.24, 2.45) is 5.41 Å². The number of carbonyl (C=O) groups excluding carboxylic acids is 1. The summed E-state index contributed by atoms with van der Waals surface area (Å²) in [5, 5.41) is 18.8. The van der Waals surface area contributed by atoms with Crippen molar-refractivity contribution in [2.45, 2.75) is 58.3 Å². The summed E-state index contributed by atoms with van der Waals surface area (Å²) < 4.78 is 10.8. The lowest BCUT2D eigenvalue weighted by Gasteiger charge is -2.49. The molecule has 1 aromatic carbocycles. The third kappa shape index (κ3) is 2.40. The summed E-state index contributed by atoms with van der Waals surface area (Å²) in [6.45, 7) is 8.21. The first-order valence-electron chi connectivity index (χ1n) is 8.65. The van der Waals surface area contributed by atoms with Gasteiger partial charge in [-0.2, -0.15) is 0 Å². The average molecular weight is 345 g/mol. The van der Waals surface area contributed by atoms with Gasteiger partial charge in [-0.25, -0.2) is 4.63 Å². The molecular weight excluding hydrogens is 322 g/mol. The Hall–Kier alpha value is -2.15. The summed E-state index contributed by atoms with van der Waals surface area (Å²) in [6, 6.07) is 3.09. The molecule has 2 aliphatic heterocycles.